The molecule has 0 saturated heterocycles. The van der Waals surface area contributed by atoms with Gasteiger partial charge in [0.2, 0.25) is 6.41 Å². The maximum atomic E-state index is 10.5. The fourth-order valence-corrected chi connectivity index (χ4v) is 2.00. The van der Waals surface area contributed by atoms with Gasteiger partial charge in [0, 0.05) is 6.04 Å². The van der Waals surface area contributed by atoms with Gasteiger partial charge in [-0.2, -0.15) is 0 Å². The Morgan fingerprint density at radius 2 is 1.69 bits per heavy atom. The average molecular weight is 227 g/mol. The Kier molecular flexibility index (Phi) is 10.6. The molecule has 0 fully saturated rings. The minimum Gasteiger partial charge on any atom is -0.356 e. The van der Waals surface area contributed by atoms with E-state index in [1.165, 1.54) is 38.5 Å². The van der Waals surface area contributed by atoms with E-state index in [1.807, 2.05) is 0 Å². The van der Waals surface area contributed by atoms with Gasteiger partial charge in [-0.3, -0.25) is 4.79 Å². The number of hydrogen-bond acceptors (Lipinski definition) is 1. The highest BCUT2D eigenvalue weighted by atomic mass is 16.1. The van der Waals surface area contributed by atoms with Gasteiger partial charge < -0.3 is 5.32 Å². The van der Waals surface area contributed by atoms with Crippen LogP contribution in [-0.2, 0) is 4.79 Å². The second-order valence-corrected chi connectivity index (χ2v) is 5.16. The molecule has 0 spiro atoms. The Morgan fingerprint density at radius 1 is 1.00 bits per heavy atom. The van der Waals surface area contributed by atoms with Gasteiger partial charge >= 0.3 is 0 Å². The monoisotopic (exact) mass is 227 g/mol. The molecule has 1 amide bonds. The van der Waals surface area contributed by atoms with Gasteiger partial charge in [-0.1, -0.05) is 59.3 Å². The topological polar surface area (TPSA) is 29.1 Å². The van der Waals surface area contributed by atoms with Crippen LogP contribution in [0.3, 0.4) is 0 Å². The zero-order chi connectivity index (χ0) is 12.2. The molecule has 2 heteroatoms. The predicted octanol–water partition coefficient (Wildman–Crippen LogP) is 3.90. The molecule has 0 rings (SSSR count). The summed E-state index contributed by atoms with van der Waals surface area (Å²) in [5.41, 5.74) is 0. The Labute approximate surface area is 101 Å². The first kappa shape index (κ1) is 15.5. The summed E-state index contributed by atoms with van der Waals surface area (Å²) < 4.78 is 0. The lowest BCUT2D eigenvalue weighted by atomic mass is 9.99. The molecule has 16 heavy (non-hydrogen) atoms. The average Bonchev–Trinajstić information content (AvgIpc) is 2.23. The van der Waals surface area contributed by atoms with Gasteiger partial charge in [0.1, 0.15) is 0 Å². The molecule has 0 saturated carbocycles. The molecule has 0 heterocycles. The number of carbonyl (C=O) groups excluding carboxylic acids is 1. The van der Waals surface area contributed by atoms with Crippen LogP contribution in [0.5, 0.6) is 0 Å². The summed E-state index contributed by atoms with van der Waals surface area (Å²) in [5, 5.41) is 2.95. The van der Waals surface area contributed by atoms with Crippen molar-refractivity contribution in [3.63, 3.8) is 0 Å². The zero-order valence-corrected chi connectivity index (χ0v) is 11.3. The molecule has 0 radical (unpaired) electrons. The van der Waals surface area contributed by atoms with Crippen molar-refractivity contribution in [1.29, 1.82) is 0 Å². The summed E-state index contributed by atoms with van der Waals surface area (Å²) in [6.45, 7) is 6.73. The molecule has 0 aromatic rings. The highest BCUT2D eigenvalue weighted by molar-refractivity contribution is 5.46. The standard InChI is InChI=1S/C14H29NO/c1-4-5-6-7-10-14(15-12-16)11-8-9-13(2)3/h12-14H,4-11H2,1-3H3,(H,15,16). The Hall–Kier alpha value is -0.530. The van der Waals surface area contributed by atoms with E-state index in [1.54, 1.807) is 0 Å². The van der Waals surface area contributed by atoms with Crippen molar-refractivity contribution in [1.82, 2.24) is 5.32 Å². The van der Waals surface area contributed by atoms with Crippen LogP contribution in [0.25, 0.3) is 0 Å². The molecule has 1 atom stereocenters. The van der Waals surface area contributed by atoms with Crippen LogP contribution in [-0.4, -0.2) is 12.5 Å². The second-order valence-electron chi connectivity index (χ2n) is 5.16. The number of carbonyl (C=O) groups is 1. The van der Waals surface area contributed by atoms with E-state index < -0.39 is 0 Å². The van der Waals surface area contributed by atoms with Crippen molar-refractivity contribution >= 4 is 6.41 Å². The lowest BCUT2D eigenvalue weighted by Crippen LogP contribution is -2.27. The van der Waals surface area contributed by atoms with E-state index >= 15 is 0 Å². The third kappa shape index (κ3) is 10.0. The molecule has 0 aliphatic rings. The van der Waals surface area contributed by atoms with Crippen LogP contribution in [0.4, 0.5) is 0 Å². The molecule has 0 bridgehead atoms. The van der Waals surface area contributed by atoms with E-state index in [9.17, 15) is 4.79 Å². The van der Waals surface area contributed by atoms with E-state index in [2.05, 4.69) is 26.1 Å². The first-order valence-corrected chi connectivity index (χ1v) is 6.90. The second kappa shape index (κ2) is 11.0. The minimum atomic E-state index is 0.410. The van der Waals surface area contributed by atoms with E-state index in [0.29, 0.717) is 6.04 Å². The number of hydrogen-bond donors (Lipinski definition) is 1. The van der Waals surface area contributed by atoms with Gasteiger partial charge in [0.15, 0.2) is 0 Å². The molecule has 96 valence electrons. The molecule has 0 aliphatic carbocycles. The maximum Gasteiger partial charge on any atom is 0.207 e. The van der Waals surface area contributed by atoms with Gasteiger partial charge in [0.05, 0.1) is 0 Å². The van der Waals surface area contributed by atoms with Crippen molar-refractivity contribution in [3.05, 3.63) is 0 Å². The third-order valence-corrected chi connectivity index (χ3v) is 3.04. The molecule has 2 nitrogen and oxygen atoms in total. The molecular weight excluding hydrogens is 198 g/mol. The smallest absolute Gasteiger partial charge is 0.207 e. The van der Waals surface area contributed by atoms with Crippen LogP contribution in [0.2, 0.25) is 0 Å². The highest BCUT2D eigenvalue weighted by Crippen LogP contribution is 2.13. The van der Waals surface area contributed by atoms with Crippen molar-refractivity contribution in [2.45, 2.75) is 78.2 Å². The largest absolute Gasteiger partial charge is 0.356 e. The Morgan fingerprint density at radius 3 is 2.25 bits per heavy atom. The first-order valence-electron chi connectivity index (χ1n) is 6.90. The molecule has 0 aromatic heterocycles. The number of nitrogens with one attached hydrogen (secondary N) is 1. The third-order valence-electron chi connectivity index (χ3n) is 3.04. The number of amides is 1. The van der Waals surface area contributed by atoms with E-state index in [-0.39, 0.29) is 0 Å². The van der Waals surface area contributed by atoms with Gasteiger partial charge in [-0.05, 0) is 18.8 Å². The van der Waals surface area contributed by atoms with Gasteiger partial charge in [-0.15, -0.1) is 0 Å². The quantitative estimate of drug-likeness (QED) is 0.421. The fourth-order valence-electron chi connectivity index (χ4n) is 2.00. The number of unbranched alkanes of at least 4 members (excludes halogenated alkanes) is 3. The molecule has 1 unspecified atom stereocenters. The minimum absolute atomic E-state index is 0.410. The van der Waals surface area contributed by atoms with E-state index in [4.69, 9.17) is 0 Å². The maximum absolute atomic E-state index is 10.5. The number of rotatable bonds is 11. The highest BCUT2D eigenvalue weighted by Gasteiger charge is 2.07. The van der Waals surface area contributed by atoms with Crippen LogP contribution in [0.1, 0.15) is 72.1 Å². The van der Waals surface area contributed by atoms with Crippen LogP contribution in [0.15, 0.2) is 0 Å². The van der Waals surface area contributed by atoms with Crippen LogP contribution in [0, 0.1) is 5.92 Å². The van der Waals surface area contributed by atoms with E-state index in [0.717, 1.165) is 25.2 Å². The van der Waals surface area contributed by atoms with Crippen molar-refractivity contribution < 1.29 is 4.79 Å². The fraction of sp³-hybridized carbons (Fsp3) is 0.929. The van der Waals surface area contributed by atoms with Crippen molar-refractivity contribution in [2.75, 3.05) is 0 Å². The molecular formula is C14H29NO. The van der Waals surface area contributed by atoms with Crippen LogP contribution < -0.4 is 5.32 Å². The summed E-state index contributed by atoms with van der Waals surface area (Å²) in [7, 11) is 0. The molecule has 1 N–H and O–H groups in total. The normalized spacial score (nSPS) is 12.8. The summed E-state index contributed by atoms with van der Waals surface area (Å²) >= 11 is 0. The van der Waals surface area contributed by atoms with Crippen molar-refractivity contribution in [3.8, 4) is 0 Å². The summed E-state index contributed by atoms with van der Waals surface area (Å²) in [4.78, 5) is 10.5. The van der Waals surface area contributed by atoms with Gasteiger partial charge in [0.25, 0.3) is 0 Å². The SMILES string of the molecule is CCCCCCC(CCCC(C)C)NC=O. The van der Waals surface area contributed by atoms with Crippen molar-refractivity contribution in [2.24, 2.45) is 5.92 Å². The predicted molar refractivity (Wildman–Crippen MR) is 70.4 cm³/mol. The Bertz CT molecular complexity index is 157. The summed E-state index contributed by atoms with van der Waals surface area (Å²) in [5.74, 6) is 0.775. The van der Waals surface area contributed by atoms with Crippen LogP contribution >= 0.6 is 0 Å². The lowest BCUT2D eigenvalue weighted by Gasteiger charge is -2.16. The lowest BCUT2D eigenvalue weighted by molar-refractivity contribution is -0.110. The van der Waals surface area contributed by atoms with Gasteiger partial charge in [-0.25, -0.2) is 0 Å². The first-order chi connectivity index (χ1) is 7.70. The molecule has 0 aromatic carbocycles. The zero-order valence-electron chi connectivity index (χ0n) is 11.3. The summed E-state index contributed by atoms with van der Waals surface area (Å²) in [6.07, 6.45) is 10.8. The Balaban J connectivity index is 3.57. The molecule has 0 aliphatic heterocycles. The summed E-state index contributed by atoms with van der Waals surface area (Å²) in [6, 6.07) is 0.410.